The average molecular weight is 456 g/mol. The first-order valence-electron chi connectivity index (χ1n) is 11.6. The molecule has 32 heavy (non-hydrogen) atoms. The van der Waals surface area contributed by atoms with Crippen LogP contribution in [0.15, 0.2) is 54.6 Å². The third-order valence-corrected chi connectivity index (χ3v) is 6.44. The predicted octanol–water partition coefficient (Wildman–Crippen LogP) is 4.97. The maximum Gasteiger partial charge on any atom is 0.239 e. The highest BCUT2D eigenvalue weighted by molar-refractivity contribution is 7.80. The van der Waals surface area contributed by atoms with Gasteiger partial charge in [-0.3, -0.25) is 4.79 Å². The monoisotopic (exact) mass is 455 g/mol. The molecule has 172 valence electrons. The summed E-state index contributed by atoms with van der Waals surface area (Å²) < 4.78 is 13.3. The van der Waals surface area contributed by atoms with E-state index in [4.69, 9.17) is 12.2 Å². The normalized spacial score (nSPS) is 15.1. The molecule has 1 aliphatic carbocycles. The van der Waals surface area contributed by atoms with Gasteiger partial charge in [0, 0.05) is 18.6 Å². The maximum atomic E-state index is 13.3. The summed E-state index contributed by atoms with van der Waals surface area (Å²) in [7, 11) is 0. The molecule has 0 radical (unpaired) electrons. The summed E-state index contributed by atoms with van der Waals surface area (Å²) in [6.07, 6.45) is 7.63. The van der Waals surface area contributed by atoms with Gasteiger partial charge in [-0.15, -0.1) is 0 Å². The Balaban J connectivity index is 1.49. The van der Waals surface area contributed by atoms with E-state index in [1.54, 1.807) is 12.1 Å². The number of nitrogens with one attached hydrogen (secondary N) is 2. The third kappa shape index (κ3) is 7.90. The molecule has 1 atom stereocenters. The van der Waals surface area contributed by atoms with Gasteiger partial charge in [0.05, 0.1) is 6.54 Å². The summed E-state index contributed by atoms with van der Waals surface area (Å²) in [5.74, 6) is -0.296. The van der Waals surface area contributed by atoms with Crippen molar-refractivity contribution < 1.29 is 9.18 Å². The Morgan fingerprint density at radius 3 is 2.44 bits per heavy atom. The third-order valence-electron chi connectivity index (χ3n) is 6.06. The number of halogens is 1. The standard InChI is InChI=1S/C26H34FN3OS/c1-20(12-13-21-8-4-2-5-9-21)29-25(31)18-28-26(32)30(24-10-6-3-7-11-24)19-22-14-16-23(27)17-15-22/h2,4-5,8-9,14-17,20,24H,3,6-7,10-13,18-19H2,1H3,(H,28,32)(H,29,31)/t20-/m1/s1. The summed E-state index contributed by atoms with van der Waals surface area (Å²) in [6.45, 7) is 2.80. The summed E-state index contributed by atoms with van der Waals surface area (Å²) in [6, 6.07) is 17.3. The van der Waals surface area contributed by atoms with E-state index in [9.17, 15) is 9.18 Å². The number of carbonyl (C=O) groups excluding carboxylic acids is 1. The minimum absolute atomic E-state index is 0.0571. The Labute approximate surface area is 196 Å². The molecule has 0 unspecified atom stereocenters. The summed E-state index contributed by atoms with van der Waals surface area (Å²) in [5, 5.41) is 6.81. The van der Waals surface area contributed by atoms with Gasteiger partial charge in [-0.1, -0.05) is 61.7 Å². The van der Waals surface area contributed by atoms with E-state index >= 15 is 0 Å². The molecule has 2 aromatic rings. The van der Waals surface area contributed by atoms with Crippen LogP contribution in [-0.2, 0) is 17.8 Å². The quantitative estimate of drug-likeness (QED) is 0.524. The van der Waals surface area contributed by atoms with Gasteiger partial charge >= 0.3 is 0 Å². The lowest BCUT2D eigenvalue weighted by atomic mass is 9.94. The lowest BCUT2D eigenvalue weighted by Gasteiger charge is -2.36. The molecule has 4 nitrogen and oxygen atoms in total. The lowest BCUT2D eigenvalue weighted by Crippen LogP contribution is -2.49. The zero-order valence-corrected chi connectivity index (χ0v) is 19.7. The van der Waals surface area contributed by atoms with Crippen molar-refractivity contribution in [2.75, 3.05) is 6.54 Å². The minimum Gasteiger partial charge on any atom is -0.353 e. The number of benzene rings is 2. The highest BCUT2D eigenvalue weighted by atomic mass is 32.1. The Morgan fingerprint density at radius 2 is 1.75 bits per heavy atom. The molecule has 1 aliphatic rings. The molecule has 1 saturated carbocycles. The van der Waals surface area contributed by atoms with E-state index in [1.807, 2.05) is 25.1 Å². The van der Waals surface area contributed by atoms with Crippen LogP contribution in [0.1, 0.15) is 56.6 Å². The van der Waals surface area contributed by atoms with Crippen LogP contribution in [0.5, 0.6) is 0 Å². The van der Waals surface area contributed by atoms with E-state index in [0.29, 0.717) is 17.7 Å². The number of thiocarbonyl (C=S) groups is 1. The van der Waals surface area contributed by atoms with Gasteiger partial charge in [0.15, 0.2) is 5.11 Å². The van der Waals surface area contributed by atoms with Gasteiger partial charge in [-0.25, -0.2) is 4.39 Å². The minimum atomic E-state index is -0.239. The number of amides is 1. The number of aryl methyl sites for hydroxylation is 1. The molecular formula is C26H34FN3OS. The van der Waals surface area contributed by atoms with Crippen molar-refractivity contribution in [3.63, 3.8) is 0 Å². The first-order chi connectivity index (χ1) is 15.5. The van der Waals surface area contributed by atoms with Crippen LogP contribution in [0.3, 0.4) is 0 Å². The van der Waals surface area contributed by atoms with Crippen molar-refractivity contribution >= 4 is 23.2 Å². The topological polar surface area (TPSA) is 44.4 Å². The van der Waals surface area contributed by atoms with Crippen molar-refractivity contribution in [3.05, 3.63) is 71.5 Å². The van der Waals surface area contributed by atoms with Crippen LogP contribution in [0.2, 0.25) is 0 Å². The van der Waals surface area contributed by atoms with Crippen LogP contribution in [0, 0.1) is 5.82 Å². The number of hydrogen-bond donors (Lipinski definition) is 2. The predicted molar refractivity (Wildman–Crippen MR) is 132 cm³/mol. The Bertz CT molecular complexity index is 853. The van der Waals surface area contributed by atoms with Gasteiger partial charge in [0.25, 0.3) is 0 Å². The SMILES string of the molecule is C[C@H](CCc1ccccc1)NC(=O)CNC(=S)N(Cc1ccc(F)cc1)C1CCCCC1. The highest BCUT2D eigenvalue weighted by Gasteiger charge is 2.24. The fourth-order valence-corrected chi connectivity index (χ4v) is 4.52. The van der Waals surface area contributed by atoms with Crippen LogP contribution in [-0.4, -0.2) is 34.5 Å². The maximum absolute atomic E-state index is 13.3. The van der Waals surface area contributed by atoms with Gasteiger partial charge < -0.3 is 15.5 Å². The summed E-state index contributed by atoms with van der Waals surface area (Å²) in [4.78, 5) is 14.6. The smallest absolute Gasteiger partial charge is 0.239 e. The molecule has 0 spiro atoms. The second-order valence-corrected chi connectivity index (χ2v) is 9.08. The first kappa shape index (κ1) is 24.2. The van der Waals surface area contributed by atoms with Crippen LogP contribution >= 0.6 is 12.2 Å². The fraction of sp³-hybridized carbons (Fsp3) is 0.462. The van der Waals surface area contributed by atoms with Gasteiger partial charge in [0.1, 0.15) is 5.82 Å². The van der Waals surface area contributed by atoms with Crippen LogP contribution < -0.4 is 10.6 Å². The molecule has 0 heterocycles. The van der Waals surface area contributed by atoms with Crippen LogP contribution in [0.4, 0.5) is 4.39 Å². The van der Waals surface area contributed by atoms with Gasteiger partial charge in [0.2, 0.25) is 5.91 Å². The van der Waals surface area contributed by atoms with E-state index < -0.39 is 0 Å². The first-order valence-corrected chi connectivity index (χ1v) is 12.0. The number of hydrogen-bond acceptors (Lipinski definition) is 2. The molecule has 1 amide bonds. The zero-order valence-electron chi connectivity index (χ0n) is 18.9. The summed E-state index contributed by atoms with van der Waals surface area (Å²) in [5.41, 5.74) is 2.29. The Hall–Kier alpha value is -2.47. The highest BCUT2D eigenvalue weighted by Crippen LogP contribution is 2.24. The molecule has 0 aromatic heterocycles. The molecule has 0 bridgehead atoms. The molecule has 3 rings (SSSR count). The largest absolute Gasteiger partial charge is 0.353 e. The molecule has 2 N–H and O–H groups in total. The van der Waals surface area contributed by atoms with E-state index in [1.165, 1.54) is 37.0 Å². The zero-order chi connectivity index (χ0) is 22.8. The summed E-state index contributed by atoms with van der Waals surface area (Å²) >= 11 is 5.69. The Kier molecular flexibility index (Phi) is 9.47. The molecule has 0 aliphatic heterocycles. The van der Waals surface area contributed by atoms with Crippen molar-refractivity contribution in [2.45, 2.75) is 70.5 Å². The van der Waals surface area contributed by atoms with E-state index in [2.05, 4.69) is 27.7 Å². The lowest BCUT2D eigenvalue weighted by molar-refractivity contribution is -0.120. The Morgan fingerprint density at radius 1 is 1.06 bits per heavy atom. The molecule has 0 saturated heterocycles. The molecule has 2 aromatic carbocycles. The number of carbonyl (C=O) groups is 1. The van der Waals surface area contributed by atoms with Gasteiger partial charge in [-0.05, 0) is 68.1 Å². The molecular weight excluding hydrogens is 421 g/mol. The fourth-order valence-electron chi connectivity index (χ4n) is 4.23. The number of nitrogens with zero attached hydrogens (tertiary/aromatic N) is 1. The second kappa shape index (κ2) is 12.5. The number of rotatable bonds is 9. The molecule has 6 heteroatoms. The average Bonchev–Trinajstić information content (AvgIpc) is 2.82. The van der Waals surface area contributed by atoms with Crippen molar-refractivity contribution in [2.24, 2.45) is 0 Å². The van der Waals surface area contributed by atoms with Crippen LogP contribution in [0.25, 0.3) is 0 Å². The van der Waals surface area contributed by atoms with E-state index in [-0.39, 0.29) is 24.3 Å². The van der Waals surface area contributed by atoms with Crippen molar-refractivity contribution in [3.8, 4) is 0 Å². The van der Waals surface area contributed by atoms with E-state index in [0.717, 1.165) is 31.2 Å². The van der Waals surface area contributed by atoms with Gasteiger partial charge in [-0.2, -0.15) is 0 Å². The molecule has 1 fully saturated rings. The van der Waals surface area contributed by atoms with Crippen molar-refractivity contribution in [1.29, 1.82) is 0 Å². The van der Waals surface area contributed by atoms with Crippen molar-refractivity contribution in [1.82, 2.24) is 15.5 Å². The second-order valence-electron chi connectivity index (χ2n) is 8.70.